The van der Waals surface area contributed by atoms with Gasteiger partial charge in [0.2, 0.25) is 5.91 Å². The van der Waals surface area contributed by atoms with Crippen LogP contribution in [0, 0.1) is 6.92 Å². The van der Waals surface area contributed by atoms with E-state index in [1.165, 1.54) is 5.56 Å². The van der Waals surface area contributed by atoms with Crippen LogP contribution in [-0.2, 0) is 11.3 Å². The van der Waals surface area contributed by atoms with Gasteiger partial charge in [-0.3, -0.25) is 4.79 Å². The summed E-state index contributed by atoms with van der Waals surface area (Å²) in [6.45, 7) is 2.49. The van der Waals surface area contributed by atoms with Crippen molar-refractivity contribution in [3.05, 3.63) is 57.8 Å². The Bertz CT molecular complexity index is 616. The lowest BCUT2D eigenvalue weighted by Crippen LogP contribution is -2.20. The Labute approximate surface area is 122 Å². The van der Waals surface area contributed by atoms with Gasteiger partial charge in [-0.2, -0.15) is 0 Å². The number of thiophene rings is 1. The molecule has 2 rings (SSSR count). The number of hydrogen-bond donors (Lipinski definition) is 1. The average Bonchev–Trinajstić information content (AvgIpc) is 2.88. The zero-order valence-corrected chi connectivity index (χ0v) is 12.4. The summed E-state index contributed by atoms with van der Waals surface area (Å²) in [6.07, 6.45) is 3.41. The molecule has 2 aromatic rings. The Hall–Kier alpha value is -2.07. The largest absolute Gasteiger partial charge is 0.496 e. The van der Waals surface area contributed by atoms with Crippen molar-refractivity contribution in [1.29, 1.82) is 0 Å². The van der Waals surface area contributed by atoms with Gasteiger partial charge in [0.1, 0.15) is 5.75 Å². The van der Waals surface area contributed by atoms with Crippen LogP contribution in [0.5, 0.6) is 5.75 Å². The summed E-state index contributed by atoms with van der Waals surface area (Å²) in [5.74, 6) is 0.676. The third-order valence-corrected chi connectivity index (χ3v) is 3.92. The summed E-state index contributed by atoms with van der Waals surface area (Å²) in [4.78, 5) is 12.9. The molecule has 104 valence electrons. The molecular formula is C16H17NO2S. The Balaban J connectivity index is 1.92. The minimum absolute atomic E-state index is 0.108. The molecule has 1 heterocycles. The van der Waals surface area contributed by atoms with Crippen molar-refractivity contribution in [2.24, 2.45) is 0 Å². The second-order valence-electron chi connectivity index (χ2n) is 4.33. The van der Waals surface area contributed by atoms with E-state index in [-0.39, 0.29) is 5.91 Å². The number of hydrogen-bond acceptors (Lipinski definition) is 3. The van der Waals surface area contributed by atoms with Gasteiger partial charge in [0.05, 0.1) is 7.11 Å². The Morgan fingerprint density at radius 2 is 2.15 bits per heavy atom. The van der Waals surface area contributed by atoms with Gasteiger partial charge in [-0.1, -0.05) is 18.2 Å². The second kappa shape index (κ2) is 6.91. The predicted octanol–water partition coefficient (Wildman–Crippen LogP) is 3.39. The van der Waals surface area contributed by atoms with Gasteiger partial charge in [0.15, 0.2) is 0 Å². The van der Waals surface area contributed by atoms with Crippen molar-refractivity contribution >= 4 is 23.3 Å². The average molecular weight is 287 g/mol. The van der Waals surface area contributed by atoms with E-state index in [2.05, 4.69) is 5.32 Å². The van der Waals surface area contributed by atoms with Crippen molar-refractivity contribution in [1.82, 2.24) is 5.32 Å². The monoisotopic (exact) mass is 287 g/mol. The molecule has 0 aliphatic carbocycles. The fraction of sp³-hybridized carbons (Fsp3) is 0.188. The summed E-state index contributed by atoms with van der Waals surface area (Å²) in [5.41, 5.74) is 2.15. The molecule has 0 aliphatic rings. The third kappa shape index (κ3) is 3.71. The van der Waals surface area contributed by atoms with E-state index in [1.807, 2.05) is 48.7 Å². The molecule has 1 N–H and O–H groups in total. The molecule has 20 heavy (non-hydrogen) atoms. The van der Waals surface area contributed by atoms with Gasteiger partial charge < -0.3 is 10.1 Å². The Morgan fingerprint density at radius 1 is 1.35 bits per heavy atom. The van der Waals surface area contributed by atoms with E-state index in [9.17, 15) is 4.79 Å². The normalized spacial score (nSPS) is 10.7. The van der Waals surface area contributed by atoms with E-state index < -0.39 is 0 Å². The minimum atomic E-state index is -0.108. The van der Waals surface area contributed by atoms with Crippen LogP contribution in [0.1, 0.15) is 16.0 Å². The molecule has 1 amide bonds. The van der Waals surface area contributed by atoms with Crippen LogP contribution in [0.15, 0.2) is 41.8 Å². The minimum Gasteiger partial charge on any atom is -0.496 e. The molecule has 0 bridgehead atoms. The highest BCUT2D eigenvalue weighted by atomic mass is 32.1. The quantitative estimate of drug-likeness (QED) is 0.856. The van der Waals surface area contributed by atoms with Crippen molar-refractivity contribution in [3.63, 3.8) is 0 Å². The molecule has 1 aromatic heterocycles. The SMILES string of the molecule is COc1ccccc1CNC(=O)C=Cc1sccc1C. The first kappa shape index (κ1) is 14.3. The topological polar surface area (TPSA) is 38.3 Å². The molecule has 0 atom stereocenters. The molecule has 0 saturated carbocycles. The molecule has 0 saturated heterocycles. The fourth-order valence-electron chi connectivity index (χ4n) is 1.80. The summed E-state index contributed by atoms with van der Waals surface area (Å²) >= 11 is 1.63. The van der Waals surface area contributed by atoms with E-state index in [4.69, 9.17) is 4.74 Å². The van der Waals surface area contributed by atoms with Crippen molar-refractivity contribution in [3.8, 4) is 5.75 Å². The summed E-state index contributed by atoms with van der Waals surface area (Å²) in [7, 11) is 1.63. The van der Waals surface area contributed by atoms with Crippen molar-refractivity contribution < 1.29 is 9.53 Å². The molecule has 0 radical (unpaired) electrons. The van der Waals surface area contributed by atoms with Crippen LogP contribution >= 0.6 is 11.3 Å². The van der Waals surface area contributed by atoms with Crippen LogP contribution in [0.25, 0.3) is 6.08 Å². The van der Waals surface area contributed by atoms with Gasteiger partial charge in [-0.25, -0.2) is 0 Å². The van der Waals surface area contributed by atoms with Crippen LogP contribution in [-0.4, -0.2) is 13.0 Å². The lowest BCUT2D eigenvalue weighted by atomic mass is 10.2. The Kier molecular flexibility index (Phi) is 4.96. The van der Waals surface area contributed by atoms with Gasteiger partial charge in [0.25, 0.3) is 0 Å². The zero-order chi connectivity index (χ0) is 14.4. The highest BCUT2D eigenvalue weighted by Crippen LogP contribution is 2.18. The van der Waals surface area contributed by atoms with Crippen LogP contribution in [0.2, 0.25) is 0 Å². The fourth-order valence-corrected chi connectivity index (χ4v) is 2.62. The predicted molar refractivity (Wildman–Crippen MR) is 82.9 cm³/mol. The number of carbonyl (C=O) groups is 1. The molecule has 0 aliphatic heterocycles. The van der Waals surface area contributed by atoms with Crippen LogP contribution < -0.4 is 10.1 Å². The van der Waals surface area contributed by atoms with Gasteiger partial charge in [-0.15, -0.1) is 11.3 Å². The maximum absolute atomic E-state index is 11.8. The zero-order valence-electron chi connectivity index (χ0n) is 11.6. The van der Waals surface area contributed by atoms with Crippen LogP contribution in [0.4, 0.5) is 0 Å². The molecular weight excluding hydrogens is 270 g/mol. The number of benzene rings is 1. The first-order valence-electron chi connectivity index (χ1n) is 6.32. The number of methoxy groups -OCH3 is 1. The molecule has 1 aromatic carbocycles. The highest BCUT2D eigenvalue weighted by Gasteiger charge is 2.03. The van der Waals surface area contributed by atoms with E-state index >= 15 is 0 Å². The number of ether oxygens (including phenoxy) is 1. The Morgan fingerprint density at radius 3 is 2.85 bits per heavy atom. The van der Waals surface area contributed by atoms with Crippen molar-refractivity contribution in [2.75, 3.05) is 7.11 Å². The third-order valence-electron chi connectivity index (χ3n) is 2.93. The number of aryl methyl sites for hydroxylation is 1. The summed E-state index contributed by atoms with van der Waals surface area (Å²) < 4.78 is 5.24. The van der Waals surface area contributed by atoms with Gasteiger partial charge in [-0.05, 0) is 36.1 Å². The van der Waals surface area contributed by atoms with Gasteiger partial charge in [0, 0.05) is 23.1 Å². The lowest BCUT2D eigenvalue weighted by Gasteiger charge is -2.08. The van der Waals surface area contributed by atoms with Crippen molar-refractivity contribution in [2.45, 2.75) is 13.5 Å². The first-order valence-corrected chi connectivity index (χ1v) is 7.20. The summed E-state index contributed by atoms with van der Waals surface area (Å²) in [5, 5.41) is 4.87. The lowest BCUT2D eigenvalue weighted by molar-refractivity contribution is -0.116. The molecule has 3 nitrogen and oxygen atoms in total. The number of amides is 1. The molecule has 0 unspecified atom stereocenters. The maximum atomic E-state index is 11.8. The number of nitrogens with one attached hydrogen (secondary N) is 1. The molecule has 0 fully saturated rings. The van der Waals surface area contributed by atoms with Crippen LogP contribution in [0.3, 0.4) is 0 Å². The standard InChI is InChI=1S/C16H17NO2S/c1-12-9-10-20-15(12)7-8-16(18)17-11-13-5-3-4-6-14(13)19-2/h3-10H,11H2,1-2H3,(H,17,18). The highest BCUT2D eigenvalue weighted by molar-refractivity contribution is 7.11. The van der Waals surface area contributed by atoms with Gasteiger partial charge >= 0.3 is 0 Å². The number of carbonyl (C=O) groups excluding carboxylic acids is 1. The van der Waals surface area contributed by atoms with E-state index in [0.717, 1.165) is 16.2 Å². The maximum Gasteiger partial charge on any atom is 0.244 e. The van der Waals surface area contributed by atoms with E-state index in [1.54, 1.807) is 24.5 Å². The molecule has 4 heteroatoms. The first-order chi connectivity index (χ1) is 9.70. The number of rotatable bonds is 5. The molecule has 0 spiro atoms. The second-order valence-corrected chi connectivity index (χ2v) is 5.28. The smallest absolute Gasteiger partial charge is 0.244 e. The number of para-hydroxylation sites is 1. The summed E-state index contributed by atoms with van der Waals surface area (Å²) in [6, 6.07) is 9.69. The van der Waals surface area contributed by atoms with E-state index in [0.29, 0.717) is 6.54 Å².